The van der Waals surface area contributed by atoms with Crippen molar-refractivity contribution < 1.29 is 0 Å². The molecule has 0 aliphatic carbocycles. The Bertz CT molecular complexity index is 892. The lowest BCUT2D eigenvalue weighted by Gasteiger charge is -2.25. The largest absolute Gasteiger partial charge is 0.314 e. The Balaban J connectivity index is 1.45. The summed E-state index contributed by atoms with van der Waals surface area (Å²) < 4.78 is 3.41. The molecule has 1 atom stereocenters. The number of pyridine rings is 1. The van der Waals surface area contributed by atoms with Crippen molar-refractivity contribution in [1.82, 2.24) is 19.2 Å². The third kappa shape index (κ3) is 3.78. The Labute approximate surface area is 156 Å². The summed E-state index contributed by atoms with van der Waals surface area (Å²) in [5, 5.41) is 4.65. The molecule has 0 radical (unpaired) electrons. The second-order valence-corrected chi connectivity index (χ2v) is 8.11. The predicted molar refractivity (Wildman–Crippen MR) is 104 cm³/mol. The number of nitrogens with zero attached hydrogens (tertiary/aromatic N) is 4. The van der Waals surface area contributed by atoms with Crippen LogP contribution in [0.3, 0.4) is 0 Å². The summed E-state index contributed by atoms with van der Waals surface area (Å²) in [4.78, 5) is 26.7. The number of rotatable bonds is 5. The lowest BCUT2D eigenvalue weighted by Crippen LogP contribution is -2.39. The van der Waals surface area contributed by atoms with Crippen LogP contribution in [0.25, 0.3) is 0 Å². The quantitative estimate of drug-likeness (QED) is 0.793. The van der Waals surface area contributed by atoms with E-state index >= 15 is 0 Å². The molecule has 1 unspecified atom stereocenters. The van der Waals surface area contributed by atoms with E-state index in [1.165, 1.54) is 0 Å². The van der Waals surface area contributed by atoms with Crippen molar-refractivity contribution in [2.24, 2.45) is 0 Å². The van der Waals surface area contributed by atoms with Crippen LogP contribution in [0.1, 0.15) is 24.1 Å². The first-order valence-corrected chi connectivity index (χ1v) is 10.4. The normalized spacial score (nSPS) is 20.2. The molecule has 4 rings (SSSR count). The van der Waals surface area contributed by atoms with Crippen LogP contribution < -0.4 is 11.1 Å². The van der Waals surface area contributed by atoms with Gasteiger partial charge in [0.25, 0.3) is 11.1 Å². The zero-order valence-corrected chi connectivity index (χ0v) is 15.7. The van der Waals surface area contributed by atoms with Crippen LogP contribution in [-0.2, 0) is 25.3 Å². The van der Waals surface area contributed by atoms with Crippen LogP contribution in [-0.4, -0.2) is 44.1 Å². The van der Waals surface area contributed by atoms with Crippen LogP contribution in [0.15, 0.2) is 40.1 Å². The van der Waals surface area contributed by atoms with Gasteiger partial charge in [0, 0.05) is 49.6 Å². The van der Waals surface area contributed by atoms with Crippen molar-refractivity contribution in [3.8, 4) is 0 Å². The van der Waals surface area contributed by atoms with Crippen LogP contribution in [0, 0.1) is 0 Å². The smallest absolute Gasteiger partial charge is 0.267 e. The molecule has 1 fully saturated rings. The van der Waals surface area contributed by atoms with E-state index in [2.05, 4.69) is 10.00 Å². The van der Waals surface area contributed by atoms with Gasteiger partial charge in [-0.2, -0.15) is 16.9 Å². The lowest BCUT2D eigenvalue weighted by atomic mass is 10.2. The van der Waals surface area contributed by atoms with Crippen LogP contribution in [0.4, 0.5) is 0 Å². The van der Waals surface area contributed by atoms with Crippen molar-refractivity contribution in [1.29, 1.82) is 0 Å². The maximum atomic E-state index is 12.4. The van der Waals surface area contributed by atoms with Gasteiger partial charge in [-0.25, -0.2) is 4.68 Å². The maximum Gasteiger partial charge on any atom is 0.267 e. The highest BCUT2D eigenvalue weighted by Gasteiger charge is 2.26. The molecule has 0 spiro atoms. The monoisotopic (exact) mass is 372 g/mol. The van der Waals surface area contributed by atoms with Gasteiger partial charge in [0.1, 0.15) is 0 Å². The fraction of sp³-hybridized carbons (Fsp3) is 0.526. The standard InChI is InChI=1S/C19H24N4O2S/c24-18-5-1-2-7-22(18)10-9-21-8-3-4-16(21)13-23-19(25)12-15-14-26-11-6-17(15)20-23/h1-2,5,7,12,16H,3-4,6,8-11,13-14H2. The Kier molecular flexibility index (Phi) is 5.26. The minimum absolute atomic E-state index is 0.0115. The van der Waals surface area contributed by atoms with E-state index in [0.29, 0.717) is 19.1 Å². The number of fused-ring (bicyclic) bond motifs is 1. The summed E-state index contributed by atoms with van der Waals surface area (Å²) in [5.41, 5.74) is 2.24. The SMILES string of the molecule is O=c1ccccn1CCN1CCCC1Cn1nc2c(cc1=O)CSCC2. The first kappa shape index (κ1) is 17.5. The Morgan fingerprint density at radius 3 is 3.00 bits per heavy atom. The van der Waals surface area contributed by atoms with Gasteiger partial charge in [-0.15, -0.1) is 0 Å². The van der Waals surface area contributed by atoms with Crippen molar-refractivity contribution in [3.63, 3.8) is 0 Å². The number of aryl methyl sites for hydroxylation is 1. The number of thioether (sulfide) groups is 1. The van der Waals surface area contributed by atoms with Gasteiger partial charge in [-0.1, -0.05) is 6.07 Å². The number of aromatic nitrogens is 3. The summed E-state index contributed by atoms with van der Waals surface area (Å²) in [7, 11) is 0. The molecule has 2 aliphatic heterocycles. The lowest BCUT2D eigenvalue weighted by molar-refractivity contribution is 0.215. The topological polar surface area (TPSA) is 60.1 Å². The second kappa shape index (κ2) is 7.80. The van der Waals surface area contributed by atoms with E-state index in [-0.39, 0.29) is 11.1 Å². The molecular weight excluding hydrogens is 348 g/mol. The molecule has 0 bridgehead atoms. The van der Waals surface area contributed by atoms with Crippen LogP contribution in [0.5, 0.6) is 0 Å². The molecule has 2 aromatic rings. The molecule has 2 aliphatic rings. The number of likely N-dealkylation sites (tertiary alicyclic amines) is 1. The number of hydrogen-bond acceptors (Lipinski definition) is 5. The van der Waals surface area contributed by atoms with Crippen LogP contribution in [0.2, 0.25) is 0 Å². The summed E-state index contributed by atoms with van der Waals surface area (Å²) >= 11 is 1.87. The molecule has 7 heteroatoms. The van der Waals surface area contributed by atoms with Gasteiger partial charge in [-0.05, 0) is 36.8 Å². The molecule has 4 heterocycles. The fourth-order valence-electron chi connectivity index (χ4n) is 3.86. The summed E-state index contributed by atoms with van der Waals surface area (Å²) in [6.07, 6.45) is 4.99. The molecule has 0 aromatic carbocycles. The maximum absolute atomic E-state index is 12.4. The Morgan fingerprint density at radius 1 is 1.19 bits per heavy atom. The second-order valence-electron chi connectivity index (χ2n) is 7.00. The van der Waals surface area contributed by atoms with Crippen molar-refractivity contribution >= 4 is 11.8 Å². The molecule has 2 aromatic heterocycles. The van der Waals surface area contributed by atoms with E-state index in [0.717, 1.165) is 55.1 Å². The van der Waals surface area contributed by atoms with Crippen LogP contribution >= 0.6 is 11.8 Å². The van der Waals surface area contributed by atoms with Gasteiger partial charge >= 0.3 is 0 Å². The van der Waals surface area contributed by atoms with E-state index in [1.807, 2.05) is 24.0 Å². The molecular formula is C19H24N4O2S. The van der Waals surface area contributed by atoms with Crippen molar-refractivity contribution in [3.05, 3.63) is 62.4 Å². The zero-order valence-electron chi connectivity index (χ0n) is 14.8. The van der Waals surface area contributed by atoms with Gasteiger partial charge < -0.3 is 4.57 Å². The highest BCUT2D eigenvalue weighted by atomic mass is 32.2. The molecule has 26 heavy (non-hydrogen) atoms. The third-order valence-electron chi connectivity index (χ3n) is 5.31. The highest BCUT2D eigenvalue weighted by Crippen LogP contribution is 2.22. The van der Waals surface area contributed by atoms with Gasteiger partial charge in [-0.3, -0.25) is 14.5 Å². The summed E-state index contributed by atoms with van der Waals surface area (Å²) in [6, 6.07) is 7.34. The molecule has 6 nitrogen and oxygen atoms in total. The average Bonchev–Trinajstić information content (AvgIpc) is 3.09. The number of hydrogen-bond donors (Lipinski definition) is 0. The minimum atomic E-state index is 0.0115. The molecule has 0 N–H and O–H groups in total. The van der Waals surface area contributed by atoms with E-state index in [1.54, 1.807) is 27.4 Å². The van der Waals surface area contributed by atoms with E-state index < -0.39 is 0 Å². The molecule has 138 valence electrons. The van der Waals surface area contributed by atoms with E-state index in [4.69, 9.17) is 0 Å². The zero-order chi connectivity index (χ0) is 17.9. The average molecular weight is 372 g/mol. The Morgan fingerprint density at radius 2 is 2.12 bits per heavy atom. The highest BCUT2D eigenvalue weighted by molar-refractivity contribution is 7.98. The third-order valence-corrected chi connectivity index (χ3v) is 6.32. The molecule has 0 saturated carbocycles. The first-order chi connectivity index (χ1) is 12.7. The van der Waals surface area contributed by atoms with Gasteiger partial charge in [0.15, 0.2) is 0 Å². The van der Waals surface area contributed by atoms with Gasteiger partial charge in [0.05, 0.1) is 12.2 Å². The first-order valence-electron chi connectivity index (χ1n) is 9.28. The minimum Gasteiger partial charge on any atom is -0.314 e. The predicted octanol–water partition coefficient (Wildman–Crippen LogP) is 1.36. The Hall–Kier alpha value is -1.86. The summed E-state index contributed by atoms with van der Waals surface area (Å²) in [5.74, 6) is 1.99. The van der Waals surface area contributed by atoms with Crippen molar-refractivity contribution in [2.45, 2.75) is 44.1 Å². The van der Waals surface area contributed by atoms with E-state index in [9.17, 15) is 9.59 Å². The van der Waals surface area contributed by atoms with Gasteiger partial charge in [0.2, 0.25) is 0 Å². The summed E-state index contributed by atoms with van der Waals surface area (Å²) in [6.45, 7) is 3.16. The van der Waals surface area contributed by atoms with Crippen molar-refractivity contribution in [2.75, 3.05) is 18.8 Å². The molecule has 0 amide bonds. The molecule has 1 saturated heterocycles. The fourth-order valence-corrected chi connectivity index (χ4v) is 4.81.